The van der Waals surface area contributed by atoms with Crippen molar-refractivity contribution in [2.75, 3.05) is 5.32 Å². The van der Waals surface area contributed by atoms with E-state index in [0.29, 0.717) is 11.3 Å². The Kier molecular flexibility index (Phi) is 4.61. The first-order valence-electron chi connectivity index (χ1n) is 6.00. The normalized spacial score (nSPS) is 10.2. The molecule has 0 aromatic heterocycles. The number of carbonyl (C=O) groups is 2. The molecule has 0 fully saturated rings. The number of nitrogens with one attached hydrogen (secondary N) is 2. The van der Waals surface area contributed by atoms with Gasteiger partial charge in [-0.15, -0.1) is 0 Å². The van der Waals surface area contributed by atoms with Gasteiger partial charge >= 0.3 is 6.03 Å². The molecule has 2 N–H and O–H groups in total. The van der Waals surface area contributed by atoms with E-state index in [0.717, 1.165) is 6.21 Å². The highest BCUT2D eigenvalue weighted by Crippen LogP contribution is 2.04. The standard InChI is InChI=1S/C15H13N3O2/c19-14(12-7-3-1-4-8-12)11-16-18-15(20)17-13-9-5-2-6-10-13/h1-11H,(H2,17,18,20)/b16-11+. The predicted molar refractivity (Wildman–Crippen MR) is 77.9 cm³/mol. The Bertz CT molecular complexity index is 610. The van der Waals surface area contributed by atoms with E-state index in [4.69, 9.17) is 0 Å². The zero-order valence-corrected chi connectivity index (χ0v) is 10.6. The molecule has 0 aliphatic rings. The SMILES string of the molecule is O=C(N/N=C/C(=O)c1ccccc1)Nc1ccccc1. The fourth-order valence-electron chi connectivity index (χ4n) is 1.51. The average molecular weight is 267 g/mol. The summed E-state index contributed by atoms with van der Waals surface area (Å²) in [5.74, 6) is -0.273. The van der Waals surface area contributed by atoms with Crippen molar-refractivity contribution >= 4 is 23.7 Å². The van der Waals surface area contributed by atoms with E-state index in [-0.39, 0.29) is 5.78 Å². The van der Waals surface area contributed by atoms with E-state index in [1.807, 2.05) is 12.1 Å². The van der Waals surface area contributed by atoms with Crippen LogP contribution in [0.4, 0.5) is 10.5 Å². The van der Waals surface area contributed by atoms with Crippen molar-refractivity contribution in [2.24, 2.45) is 5.10 Å². The van der Waals surface area contributed by atoms with E-state index >= 15 is 0 Å². The fraction of sp³-hybridized carbons (Fsp3) is 0. The van der Waals surface area contributed by atoms with Crippen molar-refractivity contribution in [1.29, 1.82) is 0 Å². The van der Waals surface area contributed by atoms with Gasteiger partial charge < -0.3 is 5.32 Å². The number of carbonyl (C=O) groups excluding carboxylic acids is 2. The minimum atomic E-state index is -0.506. The van der Waals surface area contributed by atoms with E-state index in [2.05, 4.69) is 15.8 Å². The van der Waals surface area contributed by atoms with Crippen LogP contribution in [-0.4, -0.2) is 18.0 Å². The topological polar surface area (TPSA) is 70.6 Å². The number of amides is 2. The van der Waals surface area contributed by atoms with E-state index in [9.17, 15) is 9.59 Å². The van der Waals surface area contributed by atoms with Crippen molar-refractivity contribution in [2.45, 2.75) is 0 Å². The summed E-state index contributed by atoms with van der Waals surface area (Å²) in [5, 5.41) is 6.19. The number of urea groups is 1. The molecule has 5 heteroatoms. The average Bonchev–Trinajstić information content (AvgIpc) is 2.49. The van der Waals surface area contributed by atoms with Gasteiger partial charge in [0.1, 0.15) is 0 Å². The second-order valence-electron chi connectivity index (χ2n) is 3.92. The molecule has 0 bridgehead atoms. The Labute approximate surface area is 116 Å². The van der Waals surface area contributed by atoms with Gasteiger partial charge in [-0.25, -0.2) is 10.2 Å². The lowest BCUT2D eigenvalue weighted by atomic mass is 10.1. The van der Waals surface area contributed by atoms with Crippen LogP contribution in [0, 0.1) is 0 Å². The molecule has 0 aliphatic heterocycles. The van der Waals surface area contributed by atoms with E-state index < -0.39 is 6.03 Å². The molecule has 0 aliphatic carbocycles. The number of hydrogen-bond acceptors (Lipinski definition) is 3. The molecule has 5 nitrogen and oxygen atoms in total. The molecule has 2 rings (SSSR count). The van der Waals surface area contributed by atoms with Crippen LogP contribution in [0.15, 0.2) is 65.8 Å². The second kappa shape index (κ2) is 6.84. The number of benzene rings is 2. The monoisotopic (exact) mass is 267 g/mol. The van der Waals surface area contributed by atoms with Crippen molar-refractivity contribution in [3.63, 3.8) is 0 Å². The van der Waals surface area contributed by atoms with Gasteiger partial charge in [0.2, 0.25) is 5.78 Å². The van der Waals surface area contributed by atoms with Crippen LogP contribution in [0.1, 0.15) is 10.4 Å². The quantitative estimate of drug-likeness (QED) is 0.508. The summed E-state index contributed by atoms with van der Waals surface area (Å²) < 4.78 is 0. The zero-order chi connectivity index (χ0) is 14.2. The first kappa shape index (κ1) is 13.5. The highest BCUT2D eigenvalue weighted by atomic mass is 16.2. The van der Waals surface area contributed by atoms with Crippen LogP contribution < -0.4 is 10.7 Å². The minimum Gasteiger partial charge on any atom is -0.307 e. The summed E-state index contributed by atoms with van der Waals surface area (Å²) in [6.45, 7) is 0. The van der Waals surface area contributed by atoms with Gasteiger partial charge in [-0.2, -0.15) is 5.10 Å². The molecule has 0 radical (unpaired) electrons. The molecule has 20 heavy (non-hydrogen) atoms. The lowest BCUT2D eigenvalue weighted by Gasteiger charge is -2.02. The van der Waals surface area contributed by atoms with Crippen molar-refractivity contribution in [1.82, 2.24) is 5.43 Å². The van der Waals surface area contributed by atoms with Crippen LogP contribution in [0.5, 0.6) is 0 Å². The summed E-state index contributed by atoms with van der Waals surface area (Å²) in [5.41, 5.74) is 3.39. The van der Waals surface area contributed by atoms with Gasteiger partial charge in [-0.05, 0) is 12.1 Å². The number of para-hydroxylation sites is 1. The fourth-order valence-corrected chi connectivity index (χ4v) is 1.51. The number of nitrogens with zero attached hydrogens (tertiary/aromatic N) is 1. The minimum absolute atomic E-state index is 0.273. The number of hydrazone groups is 1. The van der Waals surface area contributed by atoms with E-state index in [1.54, 1.807) is 48.5 Å². The maximum atomic E-state index is 11.7. The Hall–Kier alpha value is -2.95. The number of rotatable bonds is 4. The van der Waals surface area contributed by atoms with Crippen LogP contribution in [0.2, 0.25) is 0 Å². The number of ketones is 1. The Morgan fingerprint density at radius 1 is 0.900 bits per heavy atom. The summed E-state index contributed by atoms with van der Waals surface area (Å²) in [4.78, 5) is 23.1. The predicted octanol–water partition coefficient (Wildman–Crippen LogP) is 2.68. The Balaban J connectivity index is 1.84. The molecule has 0 saturated heterocycles. The summed E-state index contributed by atoms with van der Waals surface area (Å²) in [6.07, 6.45) is 1.07. The lowest BCUT2D eigenvalue weighted by molar-refractivity contribution is 0.107. The van der Waals surface area contributed by atoms with Gasteiger partial charge in [0, 0.05) is 11.3 Å². The molecule has 0 spiro atoms. The van der Waals surface area contributed by atoms with Gasteiger partial charge in [0.15, 0.2) is 0 Å². The molecule has 2 aromatic rings. The molecule has 100 valence electrons. The third-order valence-electron chi connectivity index (χ3n) is 2.44. The third kappa shape index (κ3) is 4.06. The van der Waals surface area contributed by atoms with E-state index in [1.165, 1.54) is 0 Å². The maximum absolute atomic E-state index is 11.7. The molecule has 0 saturated carbocycles. The number of Topliss-reactive ketones (excluding diaryl/α,β-unsaturated/α-hetero) is 1. The molecular weight excluding hydrogens is 254 g/mol. The Morgan fingerprint density at radius 2 is 1.50 bits per heavy atom. The Morgan fingerprint density at radius 3 is 2.15 bits per heavy atom. The highest BCUT2D eigenvalue weighted by molar-refractivity contribution is 6.35. The van der Waals surface area contributed by atoms with Crippen LogP contribution >= 0.6 is 0 Å². The largest absolute Gasteiger partial charge is 0.339 e. The van der Waals surface area contributed by atoms with Crippen molar-refractivity contribution in [3.8, 4) is 0 Å². The summed E-state index contributed by atoms with van der Waals surface area (Å²) in [6, 6.07) is 17.1. The smallest absolute Gasteiger partial charge is 0.307 e. The van der Waals surface area contributed by atoms with Crippen molar-refractivity contribution < 1.29 is 9.59 Å². The molecule has 0 unspecified atom stereocenters. The van der Waals surface area contributed by atoms with Gasteiger partial charge in [0.25, 0.3) is 0 Å². The summed E-state index contributed by atoms with van der Waals surface area (Å²) in [7, 11) is 0. The third-order valence-corrected chi connectivity index (χ3v) is 2.44. The second-order valence-corrected chi connectivity index (χ2v) is 3.92. The number of anilines is 1. The van der Waals surface area contributed by atoms with Gasteiger partial charge in [-0.3, -0.25) is 4.79 Å². The molecule has 0 atom stereocenters. The molecular formula is C15H13N3O2. The maximum Gasteiger partial charge on any atom is 0.339 e. The highest BCUT2D eigenvalue weighted by Gasteiger charge is 2.02. The van der Waals surface area contributed by atoms with Gasteiger partial charge in [-0.1, -0.05) is 48.5 Å². The first-order chi connectivity index (χ1) is 9.75. The van der Waals surface area contributed by atoms with Crippen LogP contribution in [0.3, 0.4) is 0 Å². The zero-order valence-electron chi connectivity index (χ0n) is 10.6. The molecule has 2 amide bonds. The molecule has 0 heterocycles. The first-order valence-corrected chi connectivity index (χ1v) is 6.00. The van der Waals surface area contributed by atoms with Crippen molar-refractivity contribution in [3.05, 3.63) is 66.2 Å². The number of hydrogen-bond donors (Lipinski definition) is 2. The van der Waals surface area contributed by atoms with Gasteiger partial charge in [0.05, 0.1) is 6.21 Å². The molecule has 2 aromatic carbocycles. The van der Waals surface area contributed by atoms with Crippen LogP contribution in [-0.2, 0) is 0 Å². The summed E-state index contributed by atoms with van der Waals surface area (Å²) >= 11 is 0. The lowest BCUT2D eigenvalue weighted by Crippen LogP contribution is -2.24. The van der Waals surface area contributed by atoms with Crippen LogP contribution in [0.25, 0.3) is 0 Å².